The van der Waals surface area contributed by atoms with E-state index in [4.69, 9.17) is 10.4 Å². The Kier molecular flexibility index (Phi) is 8.85. The lowest BCUT2D eigenvalue weighted by Gasteiger charge is -2.13. The largest absolute Gasteiger partial charge is 0.480 e. The molecule has 7 heteroatoms. The summed E-state index contributed by atoms with van der Waals surface area (Å²) in [5, 5.41) is 19.5. The molecule has 0 aliphatic rings. The summed E-state index contributed by atoms with van der Waals surface area (Å²) in [5.41, 5.74) is 0. The highest BCUT2D eigenvalue weighted by Crippen LogP contribution is 2.02. The molecule has 0 spiro atoms. The Morgan fingerprint density at radius 2 is 2.25 bits per heavy atom. The number of carbonyl (C=O) groups is 2. The molecule has 0 rings (SSSR count). The lowest BCUT2D eigenvalue weighted by Crippen LogP contribution is -2.42. The molecule has 90 valence electrons. The zero-order chi connectivity index (χ0) is 12.4. The molecule has 0 unspecified atom stereocenters. The number of carboxylic acids is 1. The van der Waals surface area contributed by atoms with E-state index in [2.05, 4.69) is 5.32 Å². The van der Waals surface area contributed by atoms with Crippen LogP contribution < -0.4 is 5.32 Å². The zero-order valence-corrected chi connectivity index (χ0v) is 10.6. The van der Waals surface area contributed by atoms with E-state index in [0.29, 0.717) is 12.2 Å². The molecule has 2 N–H and O–H groups in total. The normalized spacial score (nSPS) is 11.5. The fourth-order valence-electron chi connectivity index (χ4n) is 0.918. The van der Waals surface area contributed by atoms with Crippen molar-refractivity contribution in [3.63, 3.8) is 0 Å². The molecular formula is C9H14N2O3S2. The lowest BCUT2D eigenvalue weighted by atomic mass is 10.2. The van der Waals surface area contributed by atoms with Gasteiger partial charge in [-0.25, -0.2) is 4.79 Å². The van der Waals surface area contributed by atoms with E-state index in [1.165, 1.54) is 23.5 Å². The van der Waals surface area contributed by atoms with E-state index in [1.54, 1.807) is 0 Å². The summed E-state index contributed by atoms with van der Waals surface area (Å²) in [6.45, 7) is 0. The van der Waals surface area contributed by atoms with Crippen molar-refractivity contribution in [2.45, 2.75) is 12.5 Å². The summed E-state index contributed by atoms with van der Waals surface area (Å²) in [6, 6.07) is 1.07. The molecule has 0 saturated heterocycles. The molecule has 0 aromatic rings. The molecule has 0 saturated carbocycles. The van der Waals surface area contributed by atoms with Gasteiger partial charge in [-0.3, -0.25) is 4.79 Å². The van der Waals surface area contributed by atoms with Gasteiger partial charge in [-0.1, -0.05) is 0 Å². The van der Waals surface area contributed by atoms with Crippen LogP contribution in [0.5, 0.6) is 0 Å². The summed E-state index contributed by atoms with van der Waals surface area (Å²) >= 11 is 2.70. The predicted octanol–water partition coefficient (Wildman–Crippen LogP) is 0.566. The van der Waals surface area contributed by atoms with Gasteiger partial charge in [-0.2, -0.15) is 17.0 Å². The fraction of sp³-hybridized carbons (Fsp3) is 0.667. The van der Waals surface area contributed by atoms with Gasteiger partial charge in [0.2, 0.25) is 5.91 Å². The summed E-state index contributed by atoms with van der Waals surface area (Å²) < 4.78 is 0. The molecule has 16 heavy (non-hydrogen) atoms. The van der Waals surface area contributed by atoms with Crippen LogP contribution in [0.15, 0.2) is 0 Å². The molecule has 0 bridgehead atoms. The van der Waals surface area contributed by atoms with Crippen molar-refractivity contribution >= 4 is 35.4 Å². The number of hydrogen-bond acceptors (Lipinski definition) is 5. The maximum Gasteiger partial charge on any atom is 0.326 e. The molecule has 0 aromatic heterocycles. The predicted molar refractivity (Wildman–Crippen MR) is 65.5 cm³/mol. The van der Waals surface area contributed by atoms with E-state index in [9.17, 15) is 9.59 Å². The first-order valence-electron chi connectivity index (χ1n) is 4.57. The van der Waals surface area contributed by atoms with Gasteiger partial charge < -0.3 is 10.4 Å². The van der Waals surface area contributed by atoms with E-state index >= 15 is 0 Å². The number of aliphatic carboxylic acids is 1. The molecule has 0 aliphatic carbocycles. The van der Waals surface area contributed by atoms with E-state index in [-0.39, 0.29) is 17.4 Å². The molecule has 0 radical (unpaired) electrons. The smallest absolute Gasteiger partial charge is 0.326 e. The quantitative estimate of drug-likeness (QED) is 0.621. The van der Waals surface area contributed by atoms with Crippen LogP contribution >= 0.6 is 23.5 Å². The first kappa shape index (κ1) is 15.1. The fourth-order valence-corrected chi connectivity index (χ4v) is 1.85. The van der Waals surface area contributed by atoms with Crippen LogP contribution in [0.2, 0.25) is 0 Å². The number of amides is 1. The van der Waals surface area contributed by atoms with Crippen molar-refractivity contribution in [2.24, 2.45) is 0 Å². The monoisotopic (exact) mass is 262 g/mol. The Morgan fingerprint density at radius 3 is 2.75 bits per heavy atom. The molecule has 0 fully saturated rings. The average molecular weight is 262 g/mol. The SMILES string of the molecule is CSCC[C@H](NC(=O)CSCC#N)C(=O)O. The van der Waals surface area contributed by atoms with Gasteiger partial charge in [0.05, 0.1) is 17.6 Å². The van der Waals surface area contributed by atoms with Crippen molar-refractivity contribution in [3.8, 4) is 6.07 Å². The summed E-state index contributed by atoms with van der Waals surface area (Å²) in [7, 11) is 0. The number of thioether (sulfide) groups is 2. The van der Waals surface area contributed by atoms with Crippen molar-refractivity contribution in [1.82, 2.24) is 5.32 Å². The van der Waals surface area contributed by atoms with Crippen LogP contribution in [0.1, 0.15) is 6.42 Å². The molecule has 1 atom stereocenters. The van der Waals surface area contributed by atoms with E-state index < -0.39 is 12.0 Å². The highest BCUT2D eigenvalue weighted by atomic mass is 32.2. The Labute approximate surface area is 103 Å². The number of carboxylic acid groups (broad SMARTS) is 1. The van der Waals surface area contributed by atoms with Gasteiger partial charge in [0, 0.05) is 0 Å². The number of nitrogens with zero attached hydrogens (tertiary/aromatic N) is 1. The van der Waals surface area contributed by atoms with Crippen LogP contribution in [0, 0.1) is 11.3 Å². The van der Waals surface area contributed by atoms with Gasteiger partial charge in [-0.15, -0.1) is 11.8 Å². The second-order valence-corrected chi connectivity index (χ2v) is 4.86. The number of hydrogen-bond donors (Lipinski definition) is 2. The number of nitrogens with one attached hydrogen (secondary N) is 1. The Balaban J connectivity index is 3.94. The average Bonchev–Trinajstić information content (AvgIpc) is 2.24. The summed E-state index contributed by atoms with van der Waals surface area (Å²) in [6.07, 6.45) is 2.29. The number of carbonyl (C=O) groups excluding carboxylic acids is 1. The second-order valence-electron chi connectivity index (χ2n) is 2.89. The first-order valence-corrected chi connectivity index (χ1v) is 7.12. The van der Waals surface area contributed by atoms with Gasteiger partial charge in [0.15, 0.2) is 0 Å². The number of nitriles is 1. The van der Waals surface area contributed by atoms with Crippen LogP contribution in [0.25, 0.3) is 0 Å². The molecule has 5 nitrogen and oxygen atoms in total. The van der Waals surface area contributed by atoms with E-state index in [0.717, 1.165) is 0 Å². The standard InChI is InChI=1S/C9H14N2O3S2/c1-15-4-2-7(9(13)14)11-8(12)6-16-5-3-10/h7H,2,4-6H2,1H3,(H,11,12)(H,13,14)/t7-/m0/s1. The van der Waals surface area contributed by atoms with Crippen molar-refractivity contribution in [1.29, 1.82) is 5.26 Å². The molecule has 1 amide bonds. The lowest BCUT2D eigenvalue weighted by molar-refractivity contribution is -0.141. The Hall–Kier alpha value is -0.870. The van der Waals surface area contributed by atoms with Gasteiger partial charge in [0.25, 0.3) is 0 Å². The van der Waals surface area contributed by atoms with Crippen molar-refractivity contribution < 1.29 is 14.7 Å². The summed E-state index contributed by atoms with van der Waals surface area (Å²) in [4.78, 5) is 22.1. The highest BCUT2D eigenvalue weighted by Gasteiger charge is 2.18. The van der Waals surface area contributed by atoms with Crippen LogP contribution in [0.4, 0.5) is 0 Å². The van der Waals surface area contributed by atoms with Crippen LogP contribution in [-0.4, -0.2) is 46.5 Å². The zero-order valence-electron chi connectivity index (χ0n) is 8.93. The minimum absolute atomic E-state index is 0.122. The topological polar surface area (TPSA) is 90.2 Å². The molecule has 0 aromatic carbocycles. The van der Waals surface area contributed by atoms with Crippen LogP contribution in [0.3, 0.4) is 0 Å². The minimum atomic E-state index is -1.02. The highest BCUT2D eigenvalue weighted by molar-refractivity contribution is 8.00. The maximum absolute atomic E-state index is 11.3. The van der Waals surface area contributed by atoms with Gasteiger partial charge in [0.1, 0.15) is 6.04 Å². The molecule has 0 aliphatic heterocycles. The summed E-state index contributed by atoms with van der Waals surface area (Å²) in [5.74, 6) is -0.323. The molecule has 0 heterocycles. The maximum atomic E-state index is 11.3. The minimum Gasteiger partial charge on any atom is -0.480 e. The van der Waals surface area contributed by atoms with E-state index in [1.807, 2.05) is 12.3 Å². The van der Waals surface area contributed by atoms with Gasteiger partial charge >= 0.3 is 5.97 Å². The van der Waals surface area contributed by atoms with Crippen molar-refractivity contribution in [2.75, 3.05) is 23.5 Å². The number of rotatable bonds is 8. The third-order valence-corrected chi connectivity index (χ3v) is 3.09. The Morgan fingerprint density at radius 1 is 1.56 bits per heavy atom. The third-order valence-electron chi connectivity index (χ3n) is 1.64. The van der Waals surface area contributed by atoms with Crippen molar-refractivity contribution in [3.05, 3.63) is 0 Å². The van der Waals surface area contributed by atoms with Crippen LogP contribution in [-0.2, 0) is 9.59 Å². The second kappa shape index (κ2) is 9.36. The Bertz CT molecular complexity index is 278. The first-order chi connectivity index (χ1) is 7.61. The molecular weight excluding hydrogens is 248 g/mol. The van der Waals surface area contributed by atoms with Gasteiger partial charge in [-0.05, 0) is 18.4 Å². The third kappa shape index (κ3) is 7.43.